The highest BCUT2D eigenvalue weighted by atomic mass is 35.5. The molecule has 1 aliphatic heterocycles. The van der Waals surface area contributed by atoms with E-state index in [0.717, 1.165) is 0 Å². The Hall–Kier alpha value is -1.11. The van der Waals surface area contributed by atoms with Crippen molar-refractivity contribution >= 4 is 30.2 Å². The monoisotopic (exact) mass is 297 g/mol. The van der Waals surface area contributed by atoms with E-state index < -0.39 is 24.3 Å². The Kier molecular flexibility index (Phi) is 3.84. The van der Waals surface area contributed by atoms with Gasteiger partial charge >= 0.3 is 13.1 Å². The number of hydrogen-bond donors (Lipinski definition) is 0. The van der Waals surface area contributed by atoms with Crippen molar-refractivity contribution in [2.24, 2.45) is 0 Å². The van der Waals surface area contributed by atoms with Gasteiger partial charge in [-0.2, -0.15) is 0 Å². The van der Waals surface area contributed by atoms with Crippen LogP contribution in [0, 0.1) is 0 Å². The molecule has 1 saturated heterocycles. The van der Waals surface area contributed by atoms with E-state index in [0.29, 0.717) is 5.46 Å². The van der Waals surface area contributed by atoms with Crippen LogP contribution in [0.4, 0.5) is 0 Å². The molecule has 0 radical (unpaired) electrons. The Balaban J connectivity index is 2.42. The number of pyridine rings is 1. The fraction of sp³-hybridized carbons (Fsp3) is 0.538. The summed E-state index contributed by atoms with van der Waals surface area (Å²) in [6.07, 6.45) is 0. The molecule has 7 heteroatoms. The van der Waals surface area contributed by atoms with Crippen LogP contribution >= 0.6 is 11.6 Å². The van der Waals surface area contributed by atoms with Gasteiger partial charge in [0.1, 0.15) is 10.8 Å². The lowest BCUT2D eigenvalue weighted by atomic mass is 9.78. The van der Waals surface area contributed by atoms with Crippen LogP contribution in [0.15, 0.2) is 12.1 Å². The lowest BCUT2D eigenvalue weighted by Gasteiger charge is -2.32. The summed E-state index contributed by atoms with van der Waals surface area (Å²) in [6, 6.07) is 3.26. The van der Waals surface area contributed by atoms with Gasteiger partial charge in [0, 0.05) is 5.46 Å². The summed E-state index contributed by atoms with van der Waals surface area (Å²) in [6.45, 7) is 7.75. The molecule has 1 aromatic rings. The van der Waals surface area contributed by atoms with Crippen molar-refractivity contribution in [3.63, 3.8) is 0 Å². The largest absolute Gasteiger partial charge is 0.497 e. The van der Waals surface area contributed by atoms with Gasteiger partial charge in [-0.25, -0.2) is 9.78 Å². The molecule has 20 heavy (non-hydrogen) atoms. The summed E-state index contributed by atoms with van der Waals surface area (Å²) < 4.78 is 16.5. The smallest absolute Gasteiger partial charge is 0.464 e. The number of nitrogens with zero attached hydrogens (tertiary/aromatic N) is 1. The van der Waals surface area contributed by atoms with Crippen LogP contribution in [0.3, 0.4) is 0 Å². The predicted octanol–water partition coefficient (Wildman–Crippen LogP) is 1.82. The molecule has 0 aromatic carbocycles. The first-order valence-electron chi connectivity index (χ1n) is 6.28. The number of ether oxygens (including phenoxy) is 1. The van der Waals surface area contributed by atoms with Crippen LogP contribution in [0.25, 0.3) is 0 Å². The van der Waals surface area contributed by atoms with Gasteiger partial charge in [0.25, 0.3) is 0 Å². The normalized spacial score (nSPS) is 20.0. The fourth-order valence-corrected chi connectivity index (χ4v) is 2.01. The van der Waals surface area contributed by atoms with E-state index in [1.807, 2.05) is 27.7 Å². The van der Waals surface area contributed by atoms with Gasteiger partial charge in [0.15, 0.2) is 0 Å². The highest BCUT2D eigenvalue weighted by Crippen LogP contribution is 2.36. The van der Waals surface area contributed by atoms with Gasteiger partial charge in [0.05, 0.1) is 18.3 Å². The molecule has 0 spiro atoms. The van der Waals surface area contributed by atoms with Crippen LogP contribution < -0.4 is 5.46 Å². The summed E-state index contributed by atoms with van der Waals surface area (Å²) in [4.78, 5) is 15.8. The molecule has 108 valence electrons. The molecule has 0 amide bonds. The van der Waals surface area contributed by atoms with Crippen molar-refractivity contribution < 1.29 is 18.8 Å². The number of carbonyl (C=O) groups is 1. The zero-order chi connectivity index (χ0) is 15.1. The van der Waals surface area contributed by atoms with Gasteiger partial charge < -0.3 is 14.0 Å². The number of rotatable bonds is 2. The average Bonchev–Trinajstić information content (AvgIpc) is 2.57. The molecular weight excluding hydrogens is 280 g/mol. The van der Waals surface area contributed by atoms with Crippen molar-refractivity contribution in [3.8, 4) is 0 Å². The minimum absolute atomic E-state index is 0.110. The maximum absolute atomic E-state index is 11.8. The number of esters is 1. The second-order valence-corrected chi connectivity index (χ2v) is 6.04. The minimum atomic E-state index is -0.682. The Bertz CT molecular complexity index is 531. The molecule has 0 saturated carbocycles. The average molecular weight is 298 g/mol. The Morgan fingerprint density at radius 3 is 2.30 bits per heavy atom. The molecule has 0 bridgehead atoms. The highest BCUT2D eigenvalue weighted by molar-refractivity contribution is 6.63. The van der Waals surface area contributed by atoms with Crippen molar-refractivity contribution in [3.05, 3.63) is 23.0 Å². The highest BCUT2D eigenvalue weighted by Gasteiger charge is 2.52. The second kappa shape index (κ2) is 5.02. The van der Waals surface area contributed by atoms with E-state index in [2.05, 4.69) is 4.98 Å². The van der Waals surface area contributed by atoms with Crippen molar-refractivity contribution in [2.75, 3.05) is 7.11 Å². The standard InChI is InChI=1S/C13H17BClNO4/c1-12(2)13(3,4)20-14(19-12)8-6-7-9(15)16-10(8)11(17)18-5/h6-7H,1-5H3. The zero-order valence-corrected chi connectivity index (χ0v) is 12.9. The lowest BCUT2D eigenvalue weighted by Crippen LogP contribution is -2.41. The van der Waals surface area contributed by atoms with Crippen molar-refractivity contribution in [1.82, 2.24) is 4.98 Å². The number of hydrogen-bond acceptors (Lipinski definition) is 5. The Labute approximate surface area is 123 Å². The summed E-state index contributed by atoms with van der Waals surface area (Å²) in [7, 11) is 0.609. The summed E-state index contributed by atoms with van der Waals surface area (Å²) in [5.41, 5.74) is -0.367. The van der Waals surface area contributed by atoms with E-state index in [4.69, 9.17) is 25.6 Å². The molecule has 5 nitrogen and oxygen atoms in total. The van der Waals surface area contributed by atoms with Crippen LogP contribution in [0.1, 0.15) is 38.2 Å². The lowest BCUT2D eigenvalue weighted by molar-refractivity contribution is 0.00578. The van der Waals surface area contributed by atoms with Crippen LogP contribution in [-0.2, 0) is 14.0 Å². The molecule has 0 aliphatic carbocycles. The first-order chi connectivity index (χ1) is 9.18. The fourth-order valence-electron chi connectivity index (χ4n) is 1.87. The molecular formula is C13H17BClNO4. The molecule has 2 heterocycles. The molecule has 1 aromatic heterocycles. The first kappa shape index (κ1) is 15.3. The summed E-state index contributed by atoms with van der Waals surface area (Å²) in [5.74, 6) is -0.572. The molecule has 1 aliphatic rings. The van der Waals surface area contributed by atoms with E-state index in [1.165, 1.54) is 7.11 Å². The van der Waals surface area contributed by atoms with E-state index in [-0.39, 0.29) is 10.8 Å². The molecule has 2 rings (SSSR count). The van der Waals surface area contributed by atoms with Crippen molar-refractivity contribution in [2.45, 2.75) is 38.9 Å². The third-order valence-corrected chi connectivity index (χ3v) is 3.99. The minimum Gasteiger partial charge on any atom is -0.464 e. The molecule has 0 atom stereocenters. The van der Waals surface area contributed by atoms with Crippen molar-refractivity contribution in [1.29, 1.82) is 0 Å². The van der Waals surface area contributed by atoms with E-state index >= 15 is 0 Å². The van der Waals surface area contributed by atoms with Gasteiger partial charge in [-0.1, -0.05) is 17.7 Å². The van der Waals surface area contributed by atoms with Crippen LogP contribution in [0.5, 0.6) is 0 Å². The number of halogens is 1. The quantitative estimate of drug-likeness (QED) is 0.473. The van der Waals surface area contributed by atoms with Crippen LogP contribution in [0.2, 0.25) is 5.15 Å². The third kappa shape index (κ3) is 2.55. The zero-order valence-electron chi connectivity index (χ0n) is 12.2. The number of aromatic nitrogens is 1. The molecule has 0 unspecified atom stereocenters. The second-order valence-electron chi connectivity index (χ2n) is 5.65. The SMILES string of the molecule is COC(=O)c1nc(Cl)ccc1B1OC(C)(C)C(C)(C)O1. The van der Waals surface area contributed by atoms with Crippen LogP contribution in [-0.4, -0.2) is 36.4 Å². The van der Waals surface area contributed by atoms with Gasteiger partial charge in [-0.05, 0) is 33.8 Å². The van der Waals surface area contributed by atoms with Gasteiger partial charge in [0.2, 0.25) is 0 Å². The summed E-state index contributed by atoms with van der Waals surface area (Å²) >= 11 is 5.84. The van der Waals surface area contributed by atoms with Gasteiger partial charge in [-0.3, -0.25) is 0 Å². The molecule has 0 N–H and O–H groups in total. The summed E-state index contributed by atoms with van der Waals surface area (Å²) in [5, 5.41) is 0.214. The Morgan fingerprint density at radius 1 is 1.25 bits per heavy atom. The third-order valence-electron chi connectivity index (χ3n) is 3.78. The maximum Gasteiger partial charge on any atom is 0.497 e. The van der Waals surface area contributed by atoms with E-state index in [9.17, 15) is 4.79 Å². The Morgan fingerprint density at radius 2 is 1.80 bits per heavy atom. The van der Waals surface area contributed by atoms with Gasteiger partial charge in [-0.15, -0.1) is 0 Å². The maximum atomic E-state index is 11.8. The predicted molar refractivity (Wildman–Crippen MR) is 76.3 cm³/mol. The topological polar surface area (TPSA) is 57.7 Å². The number of methoxy groups -OCH3 is 1. The number of carbonyl (C=O) groups excluding carboxylic acids is 1. The van der Waals surface area contributed by atoms with E-state index in [1.54, 1.807) is 12.1 Å². The molecule has 1 fully saturated rings. The first-order valence-corrected chi connectivity index (χ1v) is 6.66.